The third-order valence-corrected chi connectivity index (χ3v) is 5.43. The molecule has 4 rings (SSSR count). The number of rotatable bonds is 5. The highest BCUT2D eigenvalue weighted by molar-refractivity contribution is 7.14. The van der Waals surface area contributed by atoms with Crippen LogP contribution in [0.4, 0.5) is 10.8 Å². The van der Waals surface area contributed by atoms with Crippen molar-refractivity contribution in [3.05, 3.63) is 99.4 Å². The van der Waals surface area contributed by atoms with Gasteiger partial charge in [0.05, 0.1) is 10.6 Å². The van der Waals surface area contributed by atoms with Crippen LogP contribution >= 0.6 is 11.3 Å². The van der Waals surface area contributed by atoms with Crippen molar-refractivity contribution in [2.45, 2.75) is 6.92 Å². The molecule has 1 amide bonds. The first kappa shape index (κ1) is 19.5. The number of aromatic nitrogens is 1. The second-order valence-corrected chi connectivity index (χ2v) is 7.55. The van der Waals surface area contributed by atoms with E-state index in [1.807, 2.05) is 47.8 Å². The lowest BCUT2D eigenvalue weighted by Gasteiger charge is -2.04. The summed E-state index contributed by atoms with van der Waals surface area (Å²) in [5.41, 5.74) is 4.77. The molecule has 0 bridgehead atoms. The first-order chi connectivity index (χ1) is 14.5. The summed E-state index contributed by atoms with van der Waals surface area (Å²) in [5.74, 6) is -0.353. The van der Waals surface area contributed by atoms with Crippen LogP contribution in [-0.4, -0.2) is 15.8 Å². The monoisotopic (exact) mass is 415 g/mol. The number of anilines is 1. The van der Waals surface area contributed by atoms with Crippen molar-refractivity contribution >= 4 is 28.1 Å². The number of nitrogens with one attached hydrogen (secondary N) is 1. The van der Waals surface area contributed by atoms with E-state index in [1.54, 1.807) is 6.92 Å². The Labute approximate surface area is 177 Å². The highest BCUT2D eigenvalue weighted by atomic mass is 32.1. The van der Waals surface area contributed by atoms with E-state index in [0.717, 1.165) is 22.4 Å². The Morgan fingerprint density at radius 2 is 1.63 bits per heavy atom. The number of hydrogen-bond acceptors (Lipinski definition) is 5. The third kappa shape index (κ3) is 4.11. The average molecular weight is 415 g/mol. The highest BCUT2D eigenvalue weighted by Crippen LogP contribution is 2.28. The van der Waals surface area contributed by atoms with Crippen LogP contribution in [0, 0.1) is 17.0 Å². The summed E-state index contributed by atoms with van der Waals surface area (Å²) in [6, 6.07) is 22.5. The summed E-state index contributed by atoms with van der Waals surface area (Å²) in [6.07, 6.45) is 0. The maximum atomic E-state index is 12.5. The van der Waals surface area contributed by atoms with Gasteiger partial charge in [0.1, 0.15) is 0 Å². The smallest absolute Gasteiger partial charge is 0.272 e. The first-order valence-corrected chi connectivity index (χ1v) is 10.1. The van der Waals surface area contributed by atoms with Gasteiger partial charge in [0.2, 0.25) is 0 Å². The lowest BCUT2D eigenvalue weighted by Crippen LogP contribution is -2.12. The quantitative estimate of drug-likeness (QED) is 0.323. The number of amides is 1. The van der Waals surface area contributed by atoms with Gasteiger partial charge in [-0.1, -0.05) is 54.6 Å². The van der Waals surface area contributed by atoms with Crippen molar-refractivity contribution < 1.29 is 9.72 Å². The number of nitro groups is 1. The SMILES string of the molecule is Cc1cc(C(=O)Nc2nc(-c3ccc(-c4ccccc4)cc3)cs2)ccc1[N+](=O)[O-]. The van der Waals surface area contributed by atoms with Crippen molar-refractivity contribution in [1.82, 2.24) is 4.98 Å². The molecule has 0 spiro atoms. The maximum absolute atomic E-state index is 12.5. The molecule has 148 valence electrons. The Bertz CT molecular complexity index is 1220. The summed E-state index contributed by atoms with van der Waals surface area (Å²) in [5, 5.41) is 16.0. The van der Waals surface area contributed by atoms with Gasteiger partial charge in [-0.2, -0.15) is 0 Å². The summed E-state index contributed by atoms with van der Waals surface area (Å²) >= 11 is 1.33. The zero-order chi connectivity index (χ0) is 21.1. The number of nitrogens with zero attached hydrogens (tertiary/aromatic N) is 2. The summed E-state index contributed by atoms with van der Waals surface area (Å²) < 4.78 is 0. The van der Waals surface area contributed by atoms with Crippen LogP contribution in [0.25, 0.3) is 22.4 Å². The minimum Gasteiger partial charge on any atom is -0.298 e. The van der Waals surface area contributed by atoms with Gasteiger partial charge in [0.25, 0.3) is 11.6 Å². The standard InChI is InChI=1S/C23H17N3O3S/c1-15-13-19(11-12-21(15)26(28)29)22(27)25-23-24-20(14-30-23)18-9-7-17(8-10-18)16-5-3-2-4-6-16/h2-14H,1H3,(H,24,25,27). The molecular weight excluding hydrogens is 398 g/mol. The van der Waals surface area contributed by atoms with Crippen LogP contribution in [0.5, 0.6) is 0 Å². The molecule has 4 aromatic rings. The average Bonchev–Trinajstić information content (AvgIpc) is 3.22. The van der Waals surface area contributed by atoms with Crippen molar-refractivity contribution in [2.24, 2.45) is 0 Å². The Morgan fingerprint density at radius 1 is 0.967 bits per heavy atom. The Hall–Kier alpha value is -3.84. The largest absolute Gasteiger partial charge is 0.298 e. The molecule has 0 aliphatic heterocycles. The molecule has 6 nitrogen and oxygen atoms in total. The first-order valence-electron chi connectivity index (χ1n) is 9.19. The number of nitro benzene ring substituents is 1. The van der Waals surface area contributed by atoms with Crippen LogP contribution in [0.3, 0.4) is 0 Å². The molecule has 30 heavy (non-hydrogen) atoms. The van der Waals surface area contributed by atoms with E-state index in [2.05, 4.69) is 22.4 Å². The highest BCUT2D eigenvalue weighted by Gasteiger charge is 2.15. The van der Waals surface area contributed by atoms with Crippen LogP contribution in [0.1, 0.15) is 15.9 Å². The molecule has 0 saturated heterocycles. The summed E-state index contributed by atoms with van der Waals surface area (Å²) in [7, 11) is 0. The molecule has 0 radical (unpaired) electrons. The second-order valence-electron chi connectivity index (χ2n) is 6.69. The van der Waals surface area contributed by atoms with E-state index in [-0.39, 0.29) is 11.6 Å². The predicted molar refractivity (Wildman–Crippen MR) is 119 cm³/mol. The number of aryl methyl sites for hydroxylation is 1. The Morgan fingerprint density at radius 3 is 2.30 bits per heavy atom. The number of thiazole rings is 1. The normalized spacial score (nSPS) is 10.6. The zero-order valence-electron chi connectivity index (χ0n) is 16.0. The Kier molecular flexibility index (Phi) is 5.36. The van der Waals surface area contributed by atoms with Crippen molar-refractivity contribution in [3.8, 4) is 22.4 Å². The van der Waals surface area contributed by atoms with E-state index < -0.39 is 4.92 Å². The molecule has 0 saturated carbocycles. The van der Waals surface area contributed by atoms with Gasteiger partial charge in [-0.05, 0) is 30.2 Å². The number of benzene rings is 3. The molecule has 0 atom stereocenters. The summed E-state index contributed by atoms with van der Waals surface area (Å²) in [6.45, 7) is 1.61. The minimum absolute atomic E-state index is 0.0120. The van der Waals surface area contributed by atoms with Gasteiger partial charge in [-0.15, -0.1) is 11.3 Å². The van der Waals surface area contributed by atoms with Crippen molar-refractivity contribution in [2.75, 3.05) is 5.32 Å². The molecule has 1 N–H and O–H groups in total. The van der Waals surface area contributed by atoms with Gasteiger partial charge in [-0.25, -0.2) is 4.98 Å². The fourth-order valence-corrected chi connectivity index (χ4v) is 3.81. The van der Waals surface area contributed by atoms with Crippen molar-refractivity contribution in [3.63, 3.8) is 0 Å². The lowest BCUT2D eigenvalue weighted by atomic mass is 10.0. The van der Waals surface area contributed by atoms with E-state index in [0.29, 0.717) is 16.3 Å². The summed E-state index contributed by atoms with van der Waals surface area (Å²) in [4.78, 5) is 27.4. The van der Waals surface area contributed by atoms with E-state index in [1.165, 1.54) is 29.5 Å². The molecule has 1 heterocycles. The van der Waals surface area contributed by atoms with Gasteiger partial charge in [0, 0.05) is 28.1 Å². The van der Waals surface area contributed by atoms with E-state index in [4.69, 9.17) is 0 Å². The Balaban J connectivity index is 1.48. The van der Waals surface area contributed by atoms with Gasteiger partial charge in [-0.3, -0.25) is 20.2 Å². The second kappa shape index (κ2) is 8.26. The molecule has 0 aliphatic rings. The van der Waals surface area contributed by atoms with Crippen LogP contribution in [0.15, 0.2) is 78.2 Å². The number of hydrogen-bond donors (Lipinski definition) is 1. The van der Waals surface area contributed by atoms with E-state index in [9.17, 15) is 14.9 Å². The predicted octanol–water partition coefficient (Wildman–Crippen LogP) is 5.95. The maximum Gasteiger partial charge on any atom is 0.272 e. The molecule has 0 aliphatic carbocycles. The number of carbonyl (C=O) groups excluding carboxylic acids is 1. The lowest BCUT2D eigenvalue weighted by molar-refractivity contribution is -0.385. The molecule has 3 aromatic carbocycles. The number of carbonyl (C=O) groups is 1. The van der Waals surface area contributed by atoms with E-state index >= 15 is 0 Å². The fraction of sp³-hybridized carbons (Fsp3) is 0.0435. The molecular formula is C23H17N3O3S. The van der Waals surface area contributed by atoms with Gasteiger partial charge < -0.3 is 0 Å². The minimum atomic E-state index is -0.465. The van der Waals surface area contributed by atoms with Crippen molar-refractivity contribution in [1.29, 1.82) is 0 Å². The fourth-order valence-electron chi connectivity index (χ4n) is 3.10. The zero-order valence-corrected chi connectivity index (χ0v) is 16.8. The van der Waals surface area contributed by atoms with Crippen LogP contribution in [0.2, 0.25) is 0 Å². The van der Waals surface area contributed by atoms with Crippen LogP contribution < -0.4 is 5.32 Å². The topological polar surface area (TPSA) is 85.1 Å². The molecule has 1 aromatic heterocycles. The molecule has 0 unspecified atom stereocenters. The molecule has 7 heteroatoms. The molecule has 0 fully saturated rings. The van der Waals surface area contributed by atoms with Crippen LogP contribution in [-0.2, 0) is 0 Å². The third-order valence-electron chi connectivity index (χ3n) is 4.67. The van der Waals surface area contributed by atoms with Gasteiger partial charge >= 0.3 is 0 Å². The van der Waals surface area contributed by atoms with Gasteiger partial charge in [0.15, 0.2) is 5.13 Å².